The first kappa shape index (κ1) is 21.4. The van der Waals surface area contributed by atoms with Crippen molar-refractivity contribution in [3.63, 3.8) is 0 Å². The van der Waals surface area contributed by atoms with E-state index in [4.69, 9.17) is 4.74 Å². The first-order chi connectivity index (χ1) is 14.3. The largest absolute Gasteiger partial charge is 0.378 e. The molecule has 1 N–H and O–H groups in total. The van der Waals surface area contributed by atoms with Gasteiger partial charge >= 0.3 is 0 Å². The second-order valence-electron chi connectivity index (χ2n) is 7.23. The molecule has 1 aromatic carbocycles. The van der Waals surface area contributed by atoms with Crippen LogP contribution in [0.1, 0.15) is 24.2 Å². The Hall–Kier alpha value is -3.27. The van der Waals surface area contributed by atoms with Gasteiger partial charge in [-0.25, -0.2) is 0 Å². The molecule has 160 valence electrons. The molecule has 10 heteroatoms. The van der Waals surface area contributed by atoms with Crippen LogP contribution in [0.4, 0.5) is 11.4 Å². The molecule has 0 aromatic heterocycles. The molecule has 10 nitrogen and oxygen atoms in total. The van der Waals surface area contributed by atoms with Gasteiger partial charge in [-0.1, -0.05) is 11.6 Å². The minimum atomic E-state index is -0.595. The third-order valence-electron chi connectivity index (χ3n) is 5.25. The van der Waals surface area contributed by atoms with E-state index in [0.29, 0.717) is 38.5 Å². The van der Waals surface area contributed by atoms with Gasteiger partial charge in [0.05, 0.1) is 24.2 Å². The quantitative estimate of drug-likeness (QED) is 0.454. The predicted molar refractivity (Wildman–Crippen MR) is 112 cm³/mol. The van der Waals surface area contributed by atoms with Crippen molar-refractivity contribution in [1.82, 2.24) is 9.80 Å². The number of carbonyl (C=O) groups is 2. The van der Waals surface area contributed by atoms with E-state index in [-0.39, 0.29) is 29.0 Å². The number of hydrogen-bond donors (Lipinski definition) is 1. The smallest absolute Gasteiger partial charge is 0.289 e. The van der Waals surface area contributed by atoms with Gasteiger partial charge in [0.25, 0.3) is 17.5 Å². The minimum Gasteiger partial charge on any atom is -0.378 e. The van der Waals surface area contributed by atoms with Gasteiger partial charge in [-0.15, -0.1) is 0 Å². The van der Waals surface area contributed by atoms with Crippen LogP contribution in [0.25, 0.3) is 0 Å². The number of aliphatic imine (C=N–C) groups is 1. The third-order valence-corrected chi connectivity index (χ3v) is 5.25. The number of likely N-dealkylation sites (N-methyl/N-ethyl adjacent to an activating group) is 1. The van der Waals surface area contributed by atoms with Crippen LogP contribution in [-0.2, 0) is 9.53 Å². The Morgan fingerprint density at radius 3 is 2.70 bits per heavy atom. The summed E-state index contributed by atoms with van der Waals surface area (Å²) in [6.07, 6.45) is 1.94. The van der Waals surface area contributed by atoms with Crippen LogP contribution in [-0.4, -0.2) is 78.3 Å². The average Bonchev–Trinajstić information content (AvgIpc) is 2.76. The Balaban J connectivity index is 1.89. The van der Waals surface area contributed by atoms with E-state index >= 15 is 0 Å². The molecule has 0 spiro atoms. The summed E-state index contributed by atoms with van der Waals surface area (Å²) in [7, 11) is 1.68. The maximum absolute atomic E-state index is 12.7. The monoisotopic (exact) mass is 415 g/mol. The van der Waals surface area contributed by atoms with Gasteiger partial charge in [0.2, 0.25) is 0 Å². The van der Waals surface area contributed by atoms with Crippen molar-refractivity contribution in [3.8, 4) is 0 Å². The van der Waals surface area contributed by atoms with Crippen molar-refractivity contribution in [3.05, 3.63) is 45.5 Å². The number of benzene rings is 1. The molecule has 2 aliphatic rings. The number of ether oxygens (including phenoxy) is 1. The fraction of sp³-hybridized carbons (Fsp3) is 0.450. The first-order valence-electron chi connectivity index (χ1n) is 9.70. The Kier molecular flexibility index (Phi) is 6.46. The number of amides is 2. The minimum absolute atomic E-state index is 0.00381. The van der Waals surface area contributed by atoms with E-state index in [9.17, 15) is 19.7 Å². The van der Waals surface area contributed by atoms with Gasteiger partial charge in [0.1, 0.15) is 5.56 Å². The van der Waals surface area contributed by atoms with Crippen molar-refractivity contribution in [1.29, 1.82) is 0 Å². The van der Waals surface area contributed by atoms with Gasteiger partial charge in [0.15, 0.2) is 5.84 Å². The SMILES string of the molecule is C/C=C(\C)C1CN(C)C(=O)C(Nc2ccc(C(=O)N3CCOCC3)c([N+](=O)[O-])c2)=N1. The molecule has 0 bridgehead atoms. The number of nitro benzene ring substituents is 1. The number of nitrogens with one attached hydrogen (secondary N) is 1. The summed E-state index contributed by atoms with van der Waals surface area (Å²) in [4.78, 5) is 43.8. The summed E-state index contributed by atoms with van der Waals surface area (Å²) in [5.41, 5.74) is 1.02. The van der Waals surface area contributed by atoms with Crippen LogP contribution in [0, 0.1) is 10.1 Å². The van der Waals surface area contributed by atoms with E-state index in [1.807, 2.05) is 19.9 Å². The fourth-order valence-electron chi connectivity index (χ4n) is 3.31. The first-order valence-corrected chi connectivity index (χ1v) is 9.70. The highest BCUT2D eigenvalue weighted by Gasteiger charge is 2.29. The summed E-state index contributed by atoms with van der Waals surface area (Å²) in [6.45, 7) is 5.89. The molecule has 1 saturated heterocycles. The predicted octanol–water partition coefficient (Wildman–Crippen LogP) is 1.68. The molecular formula is C20H25N5O5. The van der Waals surface area contributed by atoms with Crippen LogP contribution in [0.3, 0.4) is 0 Å². The zero-order valence-corrected chi connectivity index (χ0v) is 17.3. The molecule has 2 heterocycles. The molecular weight excluding hydrogens is 390 g/mol. The van der Waals surface area contributed by atoms with Gasteiger partial charge in [-0.3, -0.25) is 24.7 Å². The van der Waals surface area contributed by atoms with E-state index in [1.54, 1.807) is 18.0 Å². The topological polar surface area (TPSA) is 117 Å². The highest BCUT2D eigenvalue weighted by Crippen LogP contribution is 2.26. The lowest BCUT2D eigenvalue weighted by Crippen LogP contribution is -2.46. The zero-order chi connectivity index (χ0) is 21.8. The number of morpholine rings is 1. The van der Waals surface area contributed by atoms with Crippen molar-refractivity contribution in [2.24, 2.45) is 4.99 Å². The number of nitrogens with zero attached hydrogens (tertiary/aromatic N) is 4. The van der Waals surface area contributed by atoms with E-state index in [0.717, 1.165) is 5.57 Å². The lowest BCUT2D eigenvalue weighted by molar-refractivity contribution is -0.385. The summed E-state index contributed by atoms with van der Waals surface area (Å²) in [5, 5.41) is 14.5. The number of carbonyl (C=O) groups excluding carboxylic acids is 2. The van der Waals surface area contributed by atoms with Crippen molar-refractivity contribution >= 4 is 29.0 Å². The van der Waals surface area contributed by atoms with Crippen LogP contribution in [0.2, 0.25) is 0 Å². The van der Waals surface area contributed by atoms with E-state index in [1.165, 1.54) is 17.0 Å². The number of nitro groups is 1. The molecule has 2 aliphatic heterocycles. The number of anilines is 1. The van der Waals surface area contributed by atoms with Crippen LogP contribution < -0.4 is 5.32 Å². The molecule has 0 aliphatic carbocycles. The number of amidine groups is 1. The van der Waals surface area contributed by atoms with Crippen LogP contribution in [0.15, 0.2) is 34.8 Å². The normalized spacial score (nSPS) is 20.1. The molecule has 1 unspecified atom stereocenters. The number of rotatable bonds is 4. The highest BCUT2D eigenvalue weighted by atomic mass is 16.6. The summed E-state index contributed by atoms with van der Waals surface area (Å²) >= 11 is 0. The van der Waals surface area contributed by atoms with E-state index in [2.05, 4.69) is 10.3 Å². The molecule has 0 saturated carbocycles. The number of hydrogen-bond acceptors (Lipinski definition) is 7. The Bertz CT molecular complexity index is 920. The molecule has 2 amide bonds. The van der Waals surface area contributed by atoms with Crippen molar-refractivity contribution in [2.45, 2.75) is 19.9 Å². The number of allylic oxidation sites excluding steroid dienone is 1. The summed E-state index contributed by atoms with van der Waals surface area (Å²) in [5.74, 6) is -0.603. The van der Waals surface area contributed by atoms with Gasteiger partial charge in [-0.2, -0.15) is 0 Å². The summed E-state index contributed by atoms with van der Waals surface area (Å²) in [6, 6.07) is 4.03. The van der Waals surface area contributed by atoms with Crippen LogP contribution in [0.5, 0.6) is 0 Å². The van der Waals surface area contributed by atoms with E-state index < -0.39 is 10.8 Å². The lowest BCUT2D eigenvalue weighted by atomic mass is 10.1. The lowest BCUT2D eigenvalue weighted by Gasteiger charge is -2.29. The molecule has 1 aromatic rings. The maximum Gasteiger partial charge on any atom is 0.289 e. The molecule has 3 rings (SSSR count). The van der Waals surface area contributed by atoms with Gasteiger partial charge in [-0.05, 0) is 26.0 Å². The molecule has 1 atom stereocenters. The Morgan fingerprint density at radius 2 is 2.07 bits per heavy atom. The molecule has 30 heavy (non-hydrogen) atoms. The second-order valence-corrected chi connectivity index (χ2v) is 7.23. The fourth-order valence-corrected chi connectivity index (χ4v) is 3.31. The average molecular weight is 415 g/mol. The molecule has 0 radical (unpaired) electrons. The highest BCUT2D eigenvalue weighted by molar-refractivity contribution is 6.42. The van der Waals surface area contributed by atoms with Gasteiger partial charge < -0.3 is 19.9 Å². The second kappa shape index (κ2) is 9.04. The Morgan fingerprint density at radius 1 is 1.37 bits per heavy atom. The van der Waals surface area contributed by atoms with Crippen LogP contribution >= 0.6 is 0 Å². The third kappa shape index (κ3) is 4.48. The van der Waals surface area contributed by atoms with Gasteiger partial charge in [0, 0.05) is 38.4 Å². The zero-order valence-electron chi connectivity index (χ0n) is 17.3. The summed E-state index contributed by atoms with van der Waals surface area (Å²) < 4.78 is 5.23. The molecule has 1 fully saturated rings. The maximum atomic E-state index is 12.7. The standard InChI is InChI=1S/C20H25N5O5/c1-4-13(2)16-12-23(3)20(27)18(22-16)21-14-5-6-15(17(11-14)25(28)29)19(26)24-7-9-30-10-8-24/h4-6,11,16H,7-10,12H2,1-3H3,(H,21,22)/b13-4+. The van der Waals surface area contributed by atoms with Crippen molar-refractivity contribution < 1.29 is 19.2 Å². The van der Waals surface area contributed by atoms with Crippen molar-refractivity contribution in [2.75, 3.05) is 45.2 Å². The Labute approximate surface area is 174 Å².